The highest BCUT2D eigenvalue weighted by molar-refractivity contribution is 4.95. The summed E-state index contributed by atoms with van der Waals surface area (Å²) < 4.78 is 5.28. The molecule has 1 N–H and O–H groups in total. The molecule has 1 aliphatic heterocycles. The zero-order chi connectivity index (χ0) is 6.74. The molecule has 0 bridgehead atoms. The van der Waals surface area contributed by atoms with Gasteiger partial charge in [0.1, 0.15) is 0 Å². The van der Waals surface area contributed by atoms with Gasteiger partial charge in [-0.25, -0.2) is 0 Å². The first-order valence-electron chi connectivity index (χ1n) is 3.17. The van der Waals surface area contributed by atoms with Gasteiger partial charge in [0.2, 0.25) is 0 Å². The zero-order valence-electron chi connectivity index (χ0n) is 5.63. The van der Waals surface area contributed by atoms with E-state index in [1.807, 2.05) is 19.1 Å². The second kappa shape index (κ2) is 2.50. The zero-order valence-corrected chi connectivity index (χ0v) is 5.63. The molecule has 1 rings (SSSR count). The summed E-state index contributed by atoms with van der Waals surface area (Å²) in [6.07, 6.45) is 4.83. The fourth-order valence-corrected chi connectivity index (χ4v) is 0.819. The van der Waals surface area contributed by atoms with Gasteiger partial charge < -0.3 is 9.84 Å². The predicted molar refractivity (Wildman–Crippen MR) is 35.2 cm³/mol. The molecule has 1 aliphatic rings. The molecule has 0 aliphatic carbocycles. The Morgan fingerprint density at radius 3 is 2.78 bits per heavy atom. The van der Waals surface area contributed by atoms with E-state index in [-0.39, 0.29) is 12.2 Å². The molecule has 0 aromatic heterocycles. The van der Waals surface area contributed by atoms with Crippen molar-refractivity contribution in [2.45, 2.75) is 18.9 Å². The average molecular weight is 128 g/mol. The number of hydrogen-bond donors (Lipinski definition) is 1. The van der Waals surface area contributed by atoms with Crippen LogP contribution >= 0.6 is 0 Å². The van der Waals surface area contributed by atoms with Crippen molar-refractivity contribution in [2.75, 3.05) is 13.2 Å². The van der Waals surface area contributed by atoms with Gasteiger partial charge in [-0.3, -0.25) is 0 Å². The SMILES string of the molecule is C[C@@]1(CO)CC=CCO1. The maximum atomic E-state index is 8.79. The lowest BCUT2D eigenvalue weighted by molar-refractivity contribution is -0.0585. The van der Waals surface area contributed by atoms with Crippen molar-refractivity contribution in [3.63, 3.8) is 0 Å². The van der Waals surface area contributed by atoms with Crippen LogP contribution in [0.5, 0.6) is 0 Å². The van der Waals surface area contributed by atoms with Gasteiger partial charge in [-0.15, -0.1) is 0 Å². The Kier molecular flexibility index (Phi) is 1.88. The summed E-state index contributed by atoms with van der Waals surface area (Å²) in [6, 6.07) is 0. The van der Waals surface area contributed by atoms with E-state index in [9.17, 15) is 0 Å². The van der Waals surface area contributed by atoms with Crippen LogP contribution in [0.15, 0.2) is 12.2 Å². The highest BCUT2D eigenvalue weighted by atomic mass is 16.5. The molecule has 0 aromatic rings. The summed E-state index contributed by atoms with van der Waals surface area (Å²) in [5.74, 6) is 0. The maximum Gasteiger partial charge on any atom is 0.0922 e. The summed E-state index contributed by atoms with van der Waals surface area (Å²) in [4.78, 5) is 0. The number of rotatable bonds is 1. The minimum absolute atomic E-state index is 0.108. The first-order chi connectivity index (χ1) is 4.27. The molecule has 9 heavy (non-hydrogen) atoms. The van der Waals surface area contributed by atoms with E-state index >= 15 is 0 Å². The molecule has 0 radical (unpaired) electrons. The van der Waals surface area contributed by atoms with Crippen LogP contribution < -0.4 is 0 Å². The van der Waals surface area contributed by atoms with Crippen LogP contribution in [0.2, 0.25) is 0 Å². The second-order valence-corrected chi connectivity index (χ2v) is 2.59. The molecule has 0 amide bonds. The molecule has 0 saturated heterocycles. The molecule has 1 heterocycles. The van der Waals surface area contributed by atoms with E-state index in [1.165, 1.54) is 0 Å². The lowest BCUT2D eigenvalue weighted by Crippen LogP contribution is -2.34. The summed E-state index contributed by atoms with van der Waals surface area (Å²) in [7, 11) is 0. The van der Waals surface area contributed by atoms with E-state index in [0.29, 0.717) is 6.61 Å². The molecule has 0 fully saturated rings. The Morgan fingerprint density at radius 2 is 2.44 bits per heavy atom. The molecule has 0 aromatic carbocycles. The van der Waals surface area contributed by atoms with E-state index in [4.69, 9.17) is 9.84 Å². The van der Waals surface area contributed by atoms with E-state index in [0.717, 1.165) is 6.42 Å². The van der Waals surface area contributed by atoms with Crippen LogP contribution in [0, 0.1) is 0 Å². The van der Waals surface area contributed by atoms with Gasteiger partial charge in [0.05, 0.1) is 18.8 Å². The van der Waals surface area contributed by atoms with Crippen LogP contribution in [0.4, 0.5) is 0 Å². The first kappa shape index (κ1) is 6.78. The largest absolute Gasteiger partial charge is 0.393 e. The third-order valence-electron chi connectivity index (χ3n) is 1.58. The first-order valence-corrected chi connectivity index (χ1v) is 3.17. The fraction of sp³-hybridized carbons (Fsp3) is 0.714. The van der Waals surface area contributed by atoms with Crippen LogP contribution in [-0.2, 0) is 4.74 Å². The third kappa shape index (κ3) is 1.53. The van der Waals surface area contributed by atoms with Crippen LogP contribution in [-0.4, -0.2) is 23.9 Å². The Balaban J connectivity index is 2.50. The number of aliphatic hydroxyl groups excluding tert-OH is 1. The summed E-state index contributed by atoms with van der Waals surface area (Å²) >= 11 is 0. The molecule has 2 nitrogen and oxygen atoms in total. The number of hydrogen-bond acceptors (Lipinski definition) is 2. The average Bonchev–Trinajstić information content (AvgIpc) is 1.90. The molecule has 1 atom stereocenters. The Hall–Kier alpha value is -0.340. The Morgan fingerprint density at radius 1 is 1.67 bits per heavy atom. The minimum Gasteiger partial charge on any atom is -0.393 e. The van der Waals surface area contributed by atoms with Crippen molar-refractivity contribution in [1.29, 1.82) is 0 Å². The fourth-order valence-electron chi connectivity index (χ4n) is 0.819. The molecule has 2 heteroatoms. The van der Waals surface area contributed by atoms with Crippen molar-refractivity contribution in [3.05, 3.63) is 12.2 Å². The van der Waals surface area contributed by atoms with Crippen LogP contribution in [0.1, 0.15) is 13.3 Å². The monoisotopic (exact) mass is 128 g/mol. The smallest absolute Gasteiger partial charge is 0.0922 e. The van der Waals surface area contributed by atoms with Gasteiger partial charge in [0.15, 0.2) is 0 Å². The topological polar surface area (TPSA) is 29.5 Å². The summed E-state index contributed by atoms with van der Waals surface area (Å²) in [6.45, 7) is 2.66. The van der Waals surface area contributed by atoms with Crippen molar-refractivity contribution in [2.24, 2.45) is 0 Å². The lowest BCUT2D eigenvalue weighted by Gasteiger charge is -2.28. The third-order valence-corrected chi connectivity index (χ3v) is 1.58. The van der Waals surface area contributed by atoms with Crippen molar-refractivity contribution in [1.82, 2.24) is 0 Å². The molecule has 0 saturated carbocycles. The quantitative estimate of drug-likeness (QED) is 0.527. The van der Waals surface area contributed by atoms with Gasteiger partial charge in [-0.2, -0.15) is 0 Å². The molecular formula is C7H12O2. The van der Waals surface area contributed by atoms with Crippen LogP contribution in [0.25, 0.3) is 0 Å². The maximum absolute atomic E-state index is 8.79. The highest BCUT2D eigenvalue weighted by Gasteiger charge is 2.23. The van der Waals surface area contributed by atoms with Crippen molar-refractivity contribution in [3.8, 4) is 0 Å². The molecular weight excluding hydrogens is 116 g/mol. The number of ether oxygens (including phenoxy) is 1. The minimum atomic E-state index is -0.311. The van der Waals surface area contributed by atoms with Gasteiger partial charge in [-0.05, 0) is 13.3 Å². The molecule has 0 unspecified atom stereocenters. The second-order valence-electron chi connectivity index (χ2n) is 2.59. The molecule has 0 spiro atoms. The summed E-state index contributed by atoms with van der Waals surface area (Å²) in [5, 5.41) is 8.79. The van der Waals surface area contributed by atoms with Crippen molar-refractivity contribution < 1.29 is 9.84 Å². The Bertz CT molecular complexity index is 120. The highest BCUT2D eigenvalue weighted by Crippen LogP contribution is 2.18. The predicted octanol–water partition coefficient (Wildman–Crippen LogP) is 0.714. The van der Waals surface area contributed by atoms with E-state index in [2.05, 4.69) is 0 Å². The summed E-state index contributed by atoms with van der Waals surface area (Å²) in [5.41, 5.74) is -0.311. The van der Waals surface area contributed by atoms with Gasteiger partial charge >= 0.3 is 0 Å². The van der Waals surface area contributed by atoms with E-state index in [1.54, 1.807) is 0 Å². The molecule has 52 valence electrons. The van der Waals surface area contributed by atoms with Crippen molar-refractivity contribution >= 4 is 0 Å². The van der Waals surface area contributed by atoms with Gasteiger partial charge in [0.25, 0.3) is 0 Å². The van der Waals surface area contributed by atoms with Gasteiger partial charge in [0, 0.05) is 0 Å². The van der Waals surface area contributed by atoms with Gasteiger partial charge in [-0.1, -0.05) is 12.2 Å². The van der Waals surface area contributed by atoms with Crippen LogP contribution in [0.3, 0.4) is 0 Å². The lowest BCUT2D eigenvalue weighted by atomic mass is 10.0. The standard InChI is InChI=1S/C7H12O2/c1-7(6-8)4-2-3-5-9-7/h2-3,8H,4-6H2,1H3/t7-/m0/s1. The normalized spacial score (nSPS) is 34.9. The number of aliphatic hydroxyl groups is 1. The van der Waals surface area contributed by atoms with E-state index < -0.39 is 0 Å². The Labute approximate surface area is 55.1 Å².